The molecule has 0 saturated heterocycles. The van der Waals surface area contributed by atoms with Crippen molar-refractivity contribution in [1.82, 2.24) is 0 Å². The van der Waals surface area contributed by atoms with E-state index in [9.17, 15) is 5.11 Å². The third kappa shape index (κ3) is 3.01. The molecule has 4 aromatic rings. The van der Waals surface area contributed by atoms with Crippen LogP contribution in [0.15, 0.2) is 72.8 Å². The summed E-state index contributed by atoms with van der Waals surface area (Å²) in [5.41, 5.74) is 2.98. The van der Waals surface area contributed by atoms with Gasteiger partial charge in [-0.25, -0.2) is 0 Å². The molecular formula is C27H22O5. The fourth-order valence-corrected chi connectivity index (χ4v) is 4.67. The minimum absolute atomic E-state index is 0.0175. The van der Waals surface area contributed by atoms with Crippen molar-refractivity contribution < 1.29 is 24.1 Å². The number of methoxy groups -OCH3 is 1. The molecule has 32 heavy (non-hydrogen) atoms. The van der Waals surface area contributed by atoms with Crippen LogP contribution in [0.5, 0.6) is 28.7 Å². The lowest BCUT2D eigenvalue weighted by atomic mass is 9.89. The van der Waals surface area contributed by atoms with Crippen LogP contribution >= 0.6 is 0 Å². The van der Waals surface area contributed by atoms with Crippen LogP contribution in [0.25, 0.3) is 10.8 Å². The molecule has 2 aliphatic heterocycles. The first-order chi connectivity index (χ1) is 15.7. The number of phenols is 1. The van der Waals surface area contributed by atoms with Crippen molar-refractivity contribution in [3.05, 3.63) is 89.5 Å². The van der Waals surface area contributed by atoms with E-state index in [2.05, 4.69) is 18.2 Å². The van der Waals surface area contributed by atoms with Gasteiger partial charge in [-0.05, 0) is 34.5 Å². The van der Waals surface area contributed by atoms with Crippen molar-refractivity contribution in [1.29, 1.82) is 0 Å². The highest BCUT2D eigenvalue weighted by Crippen LogP contribution is 2.53. The second-order valence-corrected chi connectivity index (χ2v) is 8.14. The monoisotopic (exact) mass is 426 g/mol. The van der Waals surface area contributed by atoms with Crippen molar-refractivity contribution in [3.8, 4) is 28.7 Å². The third-order valence-corrected chi connectivity index (χ3v) is 6.32. The normalized spacial score (nSPS) is 18.2. The highest BCUT2D eigenvalue weighted by molar-refractivity contribution is 5.85. The zero-order valence-electron chi connectivity index (χ0n) is 17.6. The smallest absolute Gasteiger partial charge is 0.165 e. The molecule has 2 heterocycles. The van der Waals surface area contributed by atoms with Gasteiger partial charge in [-0.15, -0.1) is 0 Å². The summed E-state index contributed by atoms with van der Waals surface area (Å²) in [5.74, 6) is 2.77. The molecule has 6 rings (SSSR count). The maximum Gasteiger partial charge on any atom is 0.165 e. The number of aromatic hydroxyl groups is 1. The molecule has 0 aliphatic carbocycles. The fraction of sp³-hybridized carbons (Fsp3) is 0.185. The highest BCUT2D eigenvalue weighted by Gasteiger charge is 2.41. The molecule has 0 saturated carbocycles. The molecule has 2 aliphatic rings. The number of ether oxygens (including phenoxy) is 4. The average Bonchev–Trinajstić information content (AvgIpc) is 3.19. The van der Waals surface area contributed by atoms with Gasteiger partial charge in [0.1, 0.15) is 30.0 Å². The van der Waals surface area contributed by atoms with Crippen molar-refractivity contribution in [3.63, 3.8) is 0 Å². The van der Waals surface area contributed by atoms with E-state index < -0.39 is 0 Å². The Morgan fingerprint density at radius 1 is 0.938 bits per heavy atom. The number of benzene rings is 4. The van der Waals surface area contributed by atoms with Gasteiger partial charge in [0, 0.05) is 23.3 Å². The lowest BCUT2D eigenvalue weighted by Gasteiger charge is -2.28. The molecule has 2 atom stereocenters. The third-order valence-electron chi connectivity index (χ3n) is 6.32. The van der Waals surface area contributed by atoms with Crippen molar-refractivity contribution in [2.75, 3.05) is 13.7 Å². The first-order valence-electron chi connectivity index (χ1n) is 10.6. The Labute approximate surface area is 185 Å². The van der Waals surface area contributed by atoms with Gasteiger partial charge < -0.3 is 24.1 Å². The van der Waals surface area contributed by atoms with Gasteiger partial charge >= 0.3 is 0 Å². The molecule has 160 valence electrons. The predicted octanol–water partition coefficient (Wildman–Crippen LogP) is 5.74. The van der Waals surface area contributed by atoms with Crippen LogP contribution < -0.4 is 18.9 Å². The molecule has 0 amide bonds. The zero-order chi connectivity index (χ0) is 21.7. The standard InChI is InChI=1S/C27H22O5/c1-29-18-9-10-20-24(11-18)31-15-22-21-12-23(28)26(13-25(21)32-27(20)22)30-14-17-7-4-6-16-5-2-3-8-19(16)17/h2-13,22,27-28H,14-15H2,1H3. The Balaban J connectivity index is 1.28. The van der Waals surface area contributed by atoms with Crippen molar-refractivity contribution in [2.24, 2.45) is 0 Å². The summed E-state index contributed by atoms with van der Waals surface area (Å²) >= 11 is 0. The molecule has 1 N–H and O–H groups in total. The number of rotatable bonds is 4. The number of hydrogen-bond donors (Lipinski definition) is 1. The first kappa shape index (κ1) is 18.9. The average molecular weight is 426 g/mol. The topological polar surface area (TPSA) is 57.2 Å². The summed E-state index contributed by atoms with van der Waals surface area (Å²) < 4.78 is 23.6. The lowest BCUT2D eigenvalue weighted by Crippen LogP contribution is -2.23. The molecule has 0 fully saturated rings. The second kappa shape index (κ2) is 7.38. The number of phenolic OH excluding ortho intramolecular Hbond substituents is 1. The van der Waals surface area contributed by atoms with Gasteiger partial charge in [0.25, 0.3) is 0 Å². The van der Waals surface area contributed by atoms with E-state index in [1.165, 1.54) is 0 Å². The maximum absolute atomic E-state index is 10.7. The summed E-state index contributed by atoms with van der Waals surface area (Å²) in [6, 6.07) is 23.6. The van der Waals surface area contributed by atoms with Gasteiger partial charge in [-0.2, -0.15) is 0 Å². The van der Waals surface area contributed by atoms with E-state index in [1.54, 1.807) is 19.2 Å². The van der Waals surface area contributed by atoms with Crippen LogP contribution in [0.2, 0.25) is 0 Å². The Bertz CT molecular complexity index is 1320. The van der Waals surface area contributed by atoms with E-state index in [0.717, 1.165) is 44.7 Å². The first-order valence-corrected chi connectivity index (χ1v) is 10.6. The quantitative estimate of drug-likeness (QED) is 0.451. The number of fused-ring (bicyclic) bond motifs is 6. The van der Waals surface area contributed by atoms with Gasteiger partial charge in [-0.3, -0.25) is 0 Å². The largest absolute Gasteiger partial charge is 0.504 e. The van der Waals surface area contributed by atoms with Crippen LogP contribution in [0.4, 0.5) is 0 Å². The minimum Gasteiger partial charge on any atom is -0.504 e. The van der Waals surface area contributed by atoms with Gasteiger partial charge in [0.2, 0.25) is 0 Å². The fourth-order valence-electron chi connectivity index (χ4n) is 4.67. The second-order valence-electron chi connectivity index (χ2n) is 8.14. The molecule has 0 aromatic heterocycles. The Hall–Kier alpha value is -3.86. The minimum atomic E-state index is -0.160. The van der Waals surface area contributed by atoms with Gasteiger partial charge in [0.05, 0.1) is 19.6 Å². The van der Waals surface area contributed by atoms with Crippen LogP contribution in [0.1, 0.15) is 28.7 Å². The molecule has 0 bridgehead atoms. The highest BCUT2D eigenvalue weighted by atomic mass is 16.5. The number of hydrogen-bond acceptors (Lipinski definition) is 5. The zero-order valence-corrected chi connectivity index (χ0v) is 17.6. The molecular weight excluding hydrogens is 404 g/mol. The summed E-state index contributed by atoms with van der Waals surface area (Å²) in [5, 5.41) is 13.0. The van der Waals surface area contributed by atoms with Crippen molar-refractivity contribution in [2.45, 2.75) is 18.6 Å². The molecule has 0 radical (unpaired) electrons. The predicted molar refractivity (Wildman–Crippen MR) is 121 cm³/mol. The van der Waals surface area contributed by atoms with Gasteiger partial charge in [0.15, 0.2) is 11.5 Å². The molecule has 5 heteroatoms. The molecule has 5 nitrogen and oxygen atoms in total. The summed E-state index contributed by atoms with van der Waals surface area (Å²) in [6.07, 6.45) is -0.160. The summed E-state index contributed by atoms with van der Waals surface area (Å²) in [4.78, 5) is 0. The lowest BCUT2D eigenvalue weighted by molar-refractivity contribution is 0.139. The molecule has 2 unspecified atom stereocenters. The van der Waals surface area contributed by atoms with E-state index in [1.807, 2.05) is 42.5 Å². The van der Waals surface area contributed by atoms with Gasteiger partial charge in [-0.1, -0.05) is 42.5 Å². The van der Waals surface area contributed by atoms with Crippen LogP contribution in [-0.2, 0) is 6.61 Å². The van der Waals surface area contributed by atoms with E-state index in [4.69, 9.17) is 18.9 Å². The van der Waals surface area contributed by atoms with Crippen LogP contribution in [0, 0.1) is 0 Å². The summed E-state index contributed by atoms with van der Waals surface area (Å²) in [7, 11) is 1.64. The van der Waals surface area contributed by atoms with Crippen LogP contribution in [0.3, 0.4) is 0 Å². The van der Waals surface area contributed by atoms with Crippen molar-refractivity contribution >= 4 is 10.8 Å². The molecule has 4 aromatic carbocycles. The molecule has 0 spiro atoms. The Kier molecular flexibility index (Phi) is 4.35. The van der Waals surface area contributed by atoms with E-state index in [0.29, 0.717) is 19.0 Å². The van der Waals surface area contributed by atoms with E-state index in [-0.39, 0.29) is 17.8 Å². The van der Waals surface area contributed by atoms with Crippen LogP contribution in [-0.4, -0.2) is 18.8 Å². The SMILES string of the molecule is COc1ccc2c(c1)OCC1c3cc(O)c(OCc4cccc5ccccc45)cc3OC21. The Morgan fingerprint density at radius 2 is 1.81 bits per heavy atom. The van der Waals surface area contributed by atoms with E-state index >= 15 is 0 Å². The Morgan fingerprint density at radius 3 is 2.72 bits per heavy atom. The summed E-state index contributed by atoms with van der Waals surface area (Å²) in [6.45, 7) is 0.833. The maximum atomic E-state index is 10.7.